The van der Waals surface area contributed by atoms with Crippen LogP contribution in [0.25, 0.3) is 0 Å². The number of carboxylic acids is 1. The second-order valence-electron chi connectivity index (χ2n) is 4.70. The van der Waals surface area contributed by atoms with Gasteiger partial charge in [-0.25, -0.2) is 4.79 Å². The van der Waals surface area contributed by atoms with Crippen molar-refractivity contribution >= 4 is 11.9 Å². The zero-order valence-corrected chi connectivity index (χ0v) is 12.3. The SMILES string of the molecule is COCCCC(NC(=O)COc1ccc(C)cc1)C(=O)O. The number of hydrogen-bond donors (Lipinski definition) is 2. The number of benzene rings is 1. The van der Waals surface area contributed by atoms with Crippen LogP contribution in [-0.2, 0) is 14.3 Å². The molecule has 0 fully saturated rings. The number of carboxylic acid groups (broad SMARTS) is 1. The average molecular weight is 295 g/mol. The van der Waals surface area contributed by atoms with E-state index in [1.165, 1.54) is 0 Å². The van der Waals surface area contributed by atoms with Crippen molar-refractivity contribution in [3.05, 3.63) is 29.8 Å². The van der Waals surface area contributed by atoms with Crippen molar-refractivity contribution in [1.29, 1.82) is 0 Å². The molecule has 0 bridgehead atoms. The molecule has 0 heterocycles. The van der Waals surface area contributed by atoms with E-state index in [-0.39, 0.29) is 6.61 Å². The van der Waals surface area contributed by atoms with Crippen LogP contribution in [-0.4, -0.2) is 43.3 Å². The lowest BCUT2D eigenvalue weighted by atomic mass is 10.1. The molecule has 21 heavy (non-hydrogen) atoms. The summed E-state index contributed by atoms with van der Waals surface area (Å²) < 4.78 is 10.2. The minimum absolute atomic E-state index is 0.211. The molecule has 1 amide bonds. The van der Waals surface area contributed by atoms with Crippen LogP contribution < -0.4 is 10.1 Å². The molecule has 0 aliphatic carbocycles. The van der Waals surface area contributed by atoms with Crippen LogP contribution in [0.5, 0.6) is 5.75 Å². The standard InChI is InChI=1S/C15H21NO5/c1-11-5-7-12(8-6-11)21-10-14(17)16-13(15(18)19)4-3-9-20-2/h5-8,13H,3-4,9-10H2,1-2H3,(H,16,17)(H,18,19). The Morgan fingerprint density at radius 1 is 1.29 bits per heavy atom. The maximum atomic E-state index is 11.7. The quantitative estimate of drug-likeness (QED) is 0.672. The molecule has 0 aliphatic rings. The van der Waals surface area contributed by atoms with Gasteiger partial charge in [0.1, 0.15) is 11.8 Å². The van der Waals surface area contributed by atoms with Crippen LogP contribution in [0.1, 0.15) is 18.4 Å². The Morgan fingerprint density at radius 3 is 2.52 bits per heavy atom. The summed E-state index contributed by atoms with van der Waals surface area (Å²) in [6.07, 6.45) is 0.881. The van der Waals surface area contributed by atoms with Crippen molar-refractivity contribution in [2.24, 2.45) is 0 Å². The molecule has 0 aliphatic heterocycles. The predicted octanol–water partition coefficient (Wildman–Crippen LogP) is 1.37. The number of aryl methyl sites for hydroxylation is 1. The van der Waals surface area contributed by atoms with Gasteiger partial charge < -0.3 is 19.9 Å². The van der Waals surface area contributed by atoms with Crippen LogP contribution in [0.3, 0.4) is 0 Å². The Hall–Kier alpha value is -2.08. The predicted molar refractivity (Wildman–Crippen MR) is 77.4 cm³/mol. The Kier molecular flexibility index (Phi) is 7.25. The van der Waals surface area contributed by atoms with Gasteiger partial charge in [-0.1, -0.05) is 17.7 Å². The van der Waals surface area contributed by atoms with Gasteiger partial charge in [-0.05, 0) is 31.9 Å². The molecule has 0 aromatic heterocycles. The van der Waals surface area contributed by atoms with Gasteiger partial charge >= 0.3 is 5.97 Å². The highest BCUT2D eigenvalue weighted by molar-refractivity contribution is 5.84. The fourth-order valence-electron chi connectivity index (χ4n) is 1.71. The number of hydrogen-bond acceptors (Lipinski definition) is 4. The van der Waals surface area contributed by atoms with E-state index in [1.807, 2.05) is 19.1 Å². The van der Waals surface area contributed by atoms with E-state index < -0.39 is 17.9 Å². The van der Waals surface area contributed by atoms with E-state index in [0.717, 1.165) is 5.56 Å². The minimum atomic E-state index is -1.06. The molecular weight excluding hydrogens is 274 g/mol. The van der Waals surface area contributed by atoms with Crippen LogP contribution in [0.4, 0.5) is 0 Å². The molecule has 1 aromatic rings. The zero-order chi connectivity index (χ0) is 15.7. The van der Waals surface area contributed by atoms with Crippen LogP contribution in [0, 0.1) is 6.92 Å². The van der Waals surface area contributed by atoms with Crippen LogP contribution in [0.2, 0.25) is 0 Å². The molecule has 116 valence electrons. The number of ether oxygens (including phenoxy) is 2. The van der Waals surface area contributed by atoms with Gasteiger partial charge in [0.2, 0.25) is 0 Å². The third kappa shape index (κ3) is 6.76. The maximum Gasteiger partial charge on any atom is 0.326 e. The van der Waals surface area contributed by atoms with E-state index in [2.05, 4.69) is 5.32 Å². The summed E-state index contributed by atoms with van der Waals surface area (Å²) in [5, 5.41) is 11.5. The molecule has 0 spiro atoms. The second kappa shape index (κ2) is 8.97. The first-order chi connectivity index (χ1) is 10.0. The van der Waals surface area contributed by atoms with E-state index >= 15 is 0 Å². The molecule has 1 unspecified atom stereocenters. The first-order valence-corrected chi connectivity index (χ1v) is 6.73. The van der Waals surface area contributed by atoms with Gasteiger partial charge in [0.05, 0.1) is 0 Å². The Bertz CT molecular complexity index is 458. The Balaban J connectivity index is 2.39. The number of nitrogens with one attached hydrogen (secondary N) is 1. The smallest absolute Gasteiger partial charge is 0.326 e. The van der Waals surface area contributed by atoms with Gasteiger partial charge in [-0.15, -0.1) is 0 Å². The van der Waals surface area contributed by atoms with E-state index in [0.29, 0.717) is 25.2 Å². The monoisotopic (exact) mass is 295 g/mol. The van der Waals surface area contributed by atoms with Crippen molar-refractivity contribution in [2.45, 2.75) is 25.8 Å². The van der Waals surface area contributed by atoms with Gasteiger partial charge in [-0.2, -0.15) is 0 Å². The van der Waals surface area contributed by atoms with E-state index in [1.54, 1.807) is 19.2 Å². The van der Waals surface area contributed by atoms with Crippen molar-refractivity contribution in [3.8, 4) is 5.75 Å². The average Bonchev–Trinajstić information content (AvgIpc) is 2.45. The topological polar surface area (TPSA) is 84.9 Å². The molecule has 6 nitrogen and oxygen atoms in total. The molecule has 2 N–H and O–H groups in total. The summed E-state index contributed by atoms with van der Waals surface area (Å²) in [5.74, 6) is -0.947. The number of carbonyl (C=O) groups excluding carboxylic acids is 1. The summed E-state index contributed by atoms with van der Waals surface area (Å²) in [4.78, 5) is 22.7. The number of aliphatic carboxylic acids is 1. The molecule has 6 heteroatoms. The second-order valence-corrected chi connectivity index (χ2v) is 4.70. The van der Waals surface area contributed by atoms with Crippen LogP contribution >= 0.6 is 0 Å². The highest BCUT2D eigenvalue weighted by Crippen LogP contribution is 2.11. The van der Waals surface area contributed by atoms with Gasteiger partial charge in [0, 0.05) is 13.7 Å². The lowest BCUT2D eigenvalue weighted by Crippen LogP contribution is -2.43. The number of carbonyl (C=O) groups is 2. The molecular formula is C15H21NO5. The number of amides is 1. The molecule has 1 aromatic carbocycles. The third-order valence-electron chi connectivity index (χ3n) is 2.87. The fourth-order valence-corrected chi connectivity index (χ4v) is 1.71. The normalized spacial score (nSPS) is 11.7. The lowest BCUT2D eigenvalue weighted by Gasteiger charge is -2.14. The van der Waals surface area contributed by atoms with Crippen molar-refractivity contribution < 1.29 is 24.2 Å². The summed E-state index contributed by atoms with van der Waals surface area (Å²) in [7, 11) is 1.55. The minimum Gasteiger partial charge on any atom is -0.484 e. The number of methoxy groups -OCH3 is 1. The summed E-state index contributed by atoms with van der Waals surface area (Å²) >= 11 is 0. The fraction of sp³-hybridized carbons (Fsp3) is 0.467. The Labute approximate surface area is 124 Å². The van der Waals surface area contributed by atoms with E-state index in [4.69, 9.17) is 14.6 Å². The first kappa shape index (κ1) is 17.0. The molecule has 1 atom stereocenters. The third-order valence-corrected chi connectivity index (χ3v) is 2.87. The van der Waals surface area contributed by atoms with Gasteiger partial charge in [-0.3, -0.25) is 4.79 Å². The zero-order valence-electron chi connectivity index (χ0n) is 12.3. The molecule has 0 radical (unpaired) electrons. The highest BCUT2D eigenvalue weighted by Gasteiger charge is 2.19. The summed E-state index contributed by atoms with van der Waals surface area (Å²) in [6, 6.07) is 6.34. The van der Waals surface area contributed by atoms with Crippen molar-refractivity contribution in [2.75, 3.05) is 20.3 Å². The van der Waals surface area contributed by atoms with Crippen molar-refractivity contribution in [3.63, 3.8) is 0 Å². The molecule has 1 rings (SSSR count). The largest absolute Gasteiger partial charge is 0.484 e. The van der Waals surface area contributed by atoms with Crippen molar-refractivity contribution in [1.82, 2.24) is 5.32 Å². The lowest BCUT2D eigenvalue weighted by molar-refractivity contribution is -0.142. The van der Waals surface area contributed by atoms with E-state index in [9.17, 15) is 9.59 Å². The first-order valence-electron chi connectivity index (χ1n) is 6.73. The summed E-state index contributed by atoms with van der Waals surface area (Å²) in [6.45, 7) is 2.20. The molecule has 0 saturated heterocycles. The Morgan fingerprint density at radius 2 is 1.95 bits per heavy atom. The molecule has 0 saturated carbocycles. The maximum absolute atomic E-state index is 11.7. The van der Waals surface area contributed by atoms with Gasteiger partial charge in [0.25, 0.3) is 5.91 Å². The highest BCUT2D eigenvalue weighted by atomic mass is 16.5. The van der Waals surface area contributed by atoms with Crippen LogP contribution in [0.15, 0.2) is 24.3 Å². The summed E-state index contributed by atoms with van der Waals surface area (Å²) in [5.41, 5.74) is 1.09. The number of rotatable bonds is 9. The van der Waals surface area contributed by atoms with Gasteiger partial charge in [0.15, 0.2) is 6.61 Å².